The van der Waals surface area contributed by atoms with Crippen molar-refractivity contribution in [2.24, 2.45) is 11.3 Å². The number of nitrogens with zero attached hydrogens (tertiary/aromatic N) is 2. The van der Waals surface area contributed by atoms with Crippen molar-refractivity contribution >= 4 is 11.8 Å². The predicted molar refractivity (Wildman–Crippen MR) is 120 cm³/mol. The molecule has 0 bridgehead atoms. The maximum atomic E-state index is 6.79. The molecule has 0 amide bonds. The fraction of sp³-hybridized carbons (Fsp3) is 0.625. The van der Waals surface area contributed by atoms with E-state index in [0.29, 0.717) is 0 Å². The maximum absolute atomic E-state index is 6.79. The smallest absolute Gasteiger partial charge is 0.0946 e. The van der Waals surface area contributed by atoms with E-state index in [9.17, 15) is 0 Å². The summed E-state index contributed by atoms with van der Waals surface area (Å²) in [5, 5.41) is 0. The minimum absolute atomic E-state index is 0.0442. The molecule has 0 radical (unpaired) electrons. The summed E-state index contributed by atoms with van der Waals surface area (Å²) in [6, 6.07) is 10.7. The third-order valence-corrected chi connectivity index (χ3v) is 6.89. The molecule has 1 aliphatic rings. The maximum Gasteiger partial charge on any atom is 0.0946 e. The van der Waals surface area contributed by atoms with Crippen LogP contribution in [0.15, 0.2) is 49.1 Å². The normalized spacial score (nSPS) is 18.1. The average molecular weight is 401 g/mol. The van der Waals surface area contributed by atoms with Crippen molar-refractivity contribution < 1.29 is 4.74 Å². The van der Waals surface area contributed by atoms with Crippen LogP contribution in [0.25, 0.3) is 0 Å². The summed E-state index contributed by atoms with van der Waals surface area (Å²) in [6.45, 7) is 7.67. The van der Waals surface area contributed by atoms with E-state index >= 15 is 0 Å². The Bertz CT molecular complexity index is 660. The van der Waals surface area contributed by atoms with Gasteiger partial charge in [-0.1, -0.05) is 70.4 Å². The van der Waals surface area contributed by atoms with E-state index in [1.165, 1.54) is 43.4 Å². The molecular formula is C24H36N2OS. The van der Waals surface area contributed by atoms with Crippen LogP contribution in [0.3, 0.4) is 0 Å². The van der Waals surface area contributed by atoms with Crippen LogP contribution in [0.2, 0.25) is 0 Å². The number of imidazole rings is 1. The van der Waals surface area contributed by atoms with Gasteiger partial charge in [-0.2, -0.15) is 11.8 Å². The van der Waals surface area contributed by atoms with Gasteiger partial charge in [0.05, 0.1) is 25.1 Å². The van der Waals surface area contributed by atoms with Crippen LogP contribution in [-0.4, -0.2) is 27.2 Å². The second-order valence-electron chi connectivity index (χ2n) is 9.22. The molecular weight excluding hydrogens is 364 g/mol. The van der Waals surface area contributed by atoms with E-state index in [2.05, 4.69) is 72.4 Å². The van der Waals surface area contributed by atoms with E-state index < -0.39 is 0 Å². The summed E-state index contributed by atoms with van der Waals surface area (Å²) in [7, 11) is 0. The largest absolute Gasteiger partial charge is 0.367 e. The first-order valence-electron chi connectivity index (χ1n) is 10.8. The lowest BCUT2D eigenvalue weighted by Crippen LogP contribution is -2.31. The summed E-state index contributed by atoms with van der Waals surface area (Å²) in [5.74, 6) is 3.21. The lowest BCUT2D eigenvalue weighted by molar-refractivity contribution is -0.0653. The van der Waals surface area contributed by atoms with Crippen molar-refractivity contribution in [2.45, 2.75) is 71.6 Å². The van der Waals surface area contributed by atoms with Crippen molar-refractivity contribution in [3.05, 3.63) is 54.6 Å². The molecule has 2 atom stereocenters. The van der Waals surface area contributed by atoms with E-state index in [1.807, 2.05) is 18.7 Å². The predicted octanol–water partition coefficient (Wildman–Crippen LogP) is 6.37. The highest BCUT2D eigenvalue weighted by Crippen LogP contribution is 2.37. The van der Waals surface area contributed by atoms with Crippen molar-refractivity contribution in [3.8, 4) is 0 Å². The molecule has 1 heterocycles. The molecule has 0 saturated heterocycles. The van der Waals surface area contributed by atoms with Gasteiger partial charge in [0.1, 0.15) is 0 Å². The Balaban J connectivity index is 1.65. The fourth-order valence-corrected chi connectivity index (χ4v) is 5.34. The molecule has 1 aromatic carbocycles. The second-order valence-corrected chi connectivity index (χ2v) is 10.3. The van der Waals surface area contributed by atoms with Crippen molar-refractivity contribution in [1.29, 1.82) is 0 Å². The van der Waals surface area contributed by atoms with Crippen LogP contribution in [0.1, 0.15) is 64.5 Å². The molecule has 1 fully saturated rings. The molecule has 2 aromatic rings. The lowest BCUT2D eigenvalue weighted by atomic mass is 9.84. The van der Waals surface area contributed by atoms with Crippen LogP contribution in [0.4, 0.5) is 0 Å². The molecule has 1 aromatic heterocycles. The molecule has 0 aliphatic heterocycles. The Morgan fingerprint density at radius 2 is 1.89 bits per heavy atom. The van der Waals surface area contributed by atoms with Gasteiger partial charge in [-0.25, -0.2) is 4.98 Å². The zero-order valence-electron chi connectivity index (χ0n) is 17.7. The van der Waals surface area contributed by atoms with Crippen LogP contribution in [0, 0.1) is 11.3 Å². The highest BCUT2D eigenvalue weighted by atomic mass is 32.2. The lowest BCUT2D eigenvalue weighted by Gasteiger charge is -2.35. The molecule has 154 valence electrons. The number of hydrogen-bond acceptors (Lipinski definition) is 3. The van der Waals surface area contributed by atoms with Gasteiger partial charge < -0.3 is 9.30 Å². The number of rotatable bonds is 9. The zero-order chi connectivity index (χ0) is 19.8. The Morgan fingerprint density at radius 1 is 1.14 bits per heavy atom. The number of thioether (sulfide) groups is 1. The topological polar surface area (TPSA) is 27.1 Å². The number of benzene rings is 1. The highest BCUT2D eigenvalue weighted by Gasteiger charge is 2.30. The molecule has 28 heavy (non-hydrogen) atoms. The van der Waals surface area contributed by atoms with Crippen LogP contribution in [-0.2, 0) is 11.3 Å². The Morgan fingerprint density at radius 3 is 2.54 bits per heavy atom. The van der Waals surface area contributed by atoms with E-state index in [1.54, 1.807) is 0 Å². The molecule has 2 unspecified atom stereocenters. The Labute approximate surface area is 175 Å². The number of aromatic nitrogens is 2. The SMILES string of the molecule is CC(C)(C)C(OC(CSCC1CCCCC1)Cn1ccnc1)c1ccccc1. The second kappa shape index (κ2) is 10.5. The van der Waals surface area contributed by atoms with Gasteiger partial charge in [-0.05, 0) is 35.5 Å². The van der Waals surface area contributed by atoms with Gasteiger partial charge in [-0.3, -0.25) is 0 Å². The molecule has 1 saturated carbocycles. The molecule has 3 rings (SSSR count). The minimum Gasteiger partial charge on any atom is -0.367 e. The first-order chi connectivity index (χ1) is 13.5. The van der Waals surface area contributed by atoms with Crippen molar-refractivity contribution in [1.82, 2.24) is 9.55 Å². The molecule has 4 heteroatoms. The van der Waals surface area contributed by atoms with Gasteiger partial charge in [0.15, 0.2) is 0 Å². The third kappa shape index (κ3) is 6.66. The van der Waals surface area contributed by atoms with Gasteiger partial charge >= 0.3 is 0 Å². The van der Waals surface area contributed by atoms with Gasteiger partial charge in [0.2, 0.25) is 0 Å². The Kier molecular flexibility index (Phi) is 8.04. The summed E-state index contributed by atoms with van der Waals surface area (Å²) in [6.07, 6.45) is 13.1. The summed E-state index contributed by atoms with van der Waals surface area (Å²) in [4.78, 5) is 4.22. The fourth-order valence-electron chi connectivity index (χ4n) is 4.09. The van der Waals surface area contributed by atoms with Gasteiger partial charge in [-0.15, -0.1) is 0 Å². The van der Waals surface area contributed by atoms with E-state index in [-0.39, 0.29) is 17.6 Å². The first kappa shape index (κ1) is 21.4. The van der Waals surface area contributed by atoms with E-state index in [0.717, 1.165) is 18.2 Å². The monoisotopic (exact) mass is 400 g/mol. The third-order valence-electron chi connectivity index (χ3n) is 5.57. The summed E-state index contributed by atoms with van der Waals surface area (Å²) < 4.78 is 8.94. The van der Waals surface area contributed by atoms with Gasteiger partial charge in [0, 0.05) is 18.1 Å². The quantitative estimate of drug-likeness (QED) is 0.489. The summed E-state index contributed by atoms with van der Waals surface area (Å²) >= 11 is 2.08. The van der Waals surface area contributed by atoms with Crippen LogP contribution < -0.4 is 0 Å². The molecule has 3 nitrogen and oxygen atoms in total. The van der Waals surface area contributed by atoms with Crippen LogP contribution in [0.5, 0.6) is 0 Å². The van der Waals surface area contributed by atoms with Gasteiger partial charge in [0.25, 0.3) is 0 Å². The Hall–Kier alpha value is -1.26. The molecule has 1 aliphatic carbocycles. The first-order valence-corrected chi connectivity index (χ1v) is 11.9. The molecule has 0 spiro atoms. The highest BCUT2D eigenvalue weighted by molar-refractivity contribution is 7.99. The average Bonchev–Trinajstić information content (AvgIpc) is 3.19. The van der Waals surface area contributed by atoms with Crippen molar-refractivity contribution in [2.75, 3.05) is 11.5 Å². The number of ether oxygens (including phenoxy) is 1. The minimum atomic E-state index is 0.0442. The van der Waals surface area contributed by atoms with Crippen molar-refractivity contribution in [3.63, 3.8) is 0 Å². The number of hydrogen-bond donors (Lipinski definition) is 0. The molecule has 0 N–H and O–H groups in total. The standard InChI is InChI=1S/C24H36N2OS/c1-24(2,3)23(21-12-8-5-9-13-21)27-22(16-26-15-14-25-19-26)18-28-17-20-10-6-4-7-11-20/h5,8-9,12-15,19-20,22-23H,4,6-7,10-11,16-18H2,1-3H3. The zero-order valence-corrected chi connectivity index (χ0v) is 18.5. The van der Waals surface area contributed by atoms with E-state index in [4.69, 9.17) is 4.74 Å². The van der Waals surface area contributed by atoms with Crippen LogP contribution >= 0.6 is 11.8 Å². The summed E-state index contributed by atoms with van der Waals surface area (Å²) in [5.41, 5.74) is 1.31.